The Morgan fingerprint density at radius 3 is 2.63 bits per heavy atom. The quantitative estimate of drug-likeness (QED) is 0.732. The number of benzene rings is 1. The lowest BCUT2D eigenvalue weighted by molar-refractivity contribution is -0.145. The van der Waals surface area contributed by atoms with Crippen LogP contribution in [0.25, 0.3) is 0 Å². The first kappa shape index (κ1) is 15.0. The average molecular weight is 266 g/mol. The van der Waals surface area contributed by atoms with Gasteiger partial charge in [0, 0.05) is 5.56 Å². The summed E-state index contributed by atoms with van der Waals surface area (Å²) in [7, 11) is 0. The molecule has 104 valence electrons. The summed E-state index contributed by atoms with van der Waals surface area (Å²) in [5, 5.41) is 9.07. The van der Waals surface area contributed by atoms with Crippen molar-refractivity contribution in [2.24, 2.45) is 0 Å². The molecule has 0 spiro atoms. The molecule has 1 unspecified atom stereocenters. The lowest BCUT2D eigenvalue weighted by Crippen LogP contribution is -2.26. The average Bonchev–Trinajstić information content (AvgIpc) is 2.40. The topological polar surface area (TPSA) is 72.8 Å². The van der Waals surface area contributed by atoms with Crippen molar-refractivity contribution in [2.45, 2.75) is 32.8 Å². The van der Waals surface area contributed by atoms with Crippen LogP contribution < -0.4 is 9.47 Å². The van der Waals surface area contributed by atoms with Crippen LogP contribution in [0.5, 0.6) is 11.5 Å². The number of carboxylic acid groups (broad SMARTS) is 1. The highest BCUT2D eigenvalue weighted by atomic mass is 16.5. The maximum absolute atomic E-state index is 11.1. The van der Waals surface area contributed by atoms with Gasteiger partial charge in [0.15, 0.2) is 17.6 Å². The smallest absolute Gasteiger partial charge is 0.344 e. The molecule has 5 nitrogen and oxygen atoms in total. The lowest BCUT2D eigenvalue weighted by Gasteiger charge is -2.17. The van der Waals surface area contributed by atoms with Gasteiger partial charge in [0.25, 0.3) is 0 Å². The summed E-state index contributed by atoms with van der Waals surface area (Å²) >= 11 is 0. The molecular weight excluding hydrogens is 248 g/mol. The zero-order valence-corrected chi connectivity index (χ0v) is 11.1. The van der Waals surface area contributed by atoms with Gasteiger partial charge in [0.2, 0.25) is 0 Å². The van der Waals surface area contributed by atoms with E-state index in [2.05, 4.69) is 0 Å². The van der Waals surface area contributed by atoms with Gasteiger partial charge < -0.3 is 14.6 Å². The van der Waals surface area contributed by atoms with Crippen LogP contribution in [0.4, 0.5) is 0 Å². The Balaban J connectivity index is 2.97. The minimum atomic E-state index is -1.01. The molecule has 1 aromatic carbocycles. The Labute approximate surface area is 112 Å². The molecule has 19 heavy (non-hydrogen) atoms. The van der Waals surface area contributed by atoms with E-state index >= 15 is 0 Å². The van der Waals surface area contributed by atoms with E-state index in [1.54, 1.807) is 19.1 Å². The molecule has 0 saturated carbocycles. The van der Waals surface area contributed by atoms with Gasteiger partial charge >= 0.3 is 5.97 Å². The summed E-state index contributed by atoms with van der Waals surface area (Å²) < 4.78 is 10.8. The molecule has 1 aromatic rings. The van der Waals surface area contributed by atoms with Crippen molar-refractivity contribution in [2.75, 3.05) is 6.61 Å². The molecule has 0 aliphatic carbocycles. The van der Waals surface area contributed by atoms with Gasteiger partial charge in [-0.15, -0.1) is 0 Å². The highest BCUT2D eigenvalue weighted by molar-refractivity contribution is 5.77. The number of aldehydes is 1. The molecule has 0 radical (unpaired) electrons. The monoisotopic (exact) mass is 266 g/mol. The largest absolute Gasteiger partial charge is 0.490 e. The van der Waals surface area contributed by atoms with Crippen LogP contribution >= 0.6 is 0 Å². The molecular formula is C14H18O5. The third-order valence-corrected chi connectivity index (χ3v) is 2.50. The molecule has 0 bridgehead atoms. The third-order valence-electron chi connectivity index (χ3n) is 2.50. The van der Waals surface area contributed by atoms with Gasteiger partial charge in [-0.1, -0.05) is 13.3 Å². The van der Waals surface area contributed by atoms with Crippen LogP contribution in [0.15, 0.2) is 18.2 Å². The highest BCUT2D eigenvalue weighted by Crippen LogP contribution is 2.29. The number of carbonyl (C=O) groups excluding carboxylic acids is 1. The second-order valence-corrected chi connectivity index (χ2v) is 3.99. The minimum absolute atomic E-state index is 0.341. The van der Waals surface area contributed by atoms with Crippen molar-refractivity contribution in [1.82, 2.24) is 0 Å². The van der Waals surface area contributed by atoms with Crippen molar-refractivity contribution in [3.8, 4) is 11.5 Å². The fourth-order valence-electron chi connectivity index (χ4n) is 1.61. The summed E-state index contributed by atoms with van der Waals surface area (Å²) in [5.41, 5.74) is 0.457. The van der Waals surface area contributed by atoms with Crippen LogP contribution in [0.2, 0.25) is 0 Å². The van der Waals surface area contributed by atoms with Crippen molar-refractivity contribution in [3.05, 3.63) is 23.8 Å². The van der Waals surface area contributed by atoms with Crippen molar-refractivity contribution < 1.29 is 24.2 Å². The van der Waals surface area contributed by atoms with E-state index in [1.807, 2.05) is 6.92 Å². The van der Waals surface area contributed by atoms with Crippen molar-refractivity contribution >= 4 is 12.3 Å². The number of hydrogen-bond donors (Lipinski definition) is 1. The number of hydrogen-bond acceptors (Lipinski definition) is 4. The molecule has 0 aromatic heterocycles. The first-order valence-electron chi connectivity index (χ1n) is 6.23. The normalized spacial score (nSPS) is 11.7. The maximum atomic E-state index is 11.1. The SMILES string of the molecule is CCCC(Oc1ccc(C=O)cc1OCC)C(=O)O. The van der Waals surface area contributed by atoms with Crippen LogP contribution in [0.3, 0.4) is 0 Å². The van der Waals surface area contributed by atoms with Crippen molar-refractivity contribution in [3.63, 3.8) is 0 Å². The van der Waals surface area contributed by atoms with Gasteiger partial charge in [-0.05, 0) is 31.5 Å². The lowest BCUT2D eigenvalue weighted by atomic mass is 10.2. The van der Waals surface area contributed by atoms with Gasteiger partial charge in [0.1, 0.15) is 6.29 Å². The molecule has 0 aliphatic heterocycles. The summed E-state index contributed by atoms with van der Waals surface area (Å²) in [6.45, 7) is 4.10. The van der Waals surface area contributed by atoms with Gasteiger partial charge in [-0.3, -0.25) is 4.79 Å². The Bertz CT molecular complexity index is 441. The van der Waals surface area contributed by atoms with Gasteiger partial charge in [-0.25, -0.2) is 4.79 Å². The van der Waals surface area contributed by atoms with E-state index in [0.717, 1.165) is 0 Å². The molecule has 1 rings (SSSR count). The van der Waals surface area contributed by atoms with E-state index in [9.17, 15) is 9.59 Å². The zero-order chi connectivity index (χ0) is 14.3. The predicted octanol–water partition coefficient (Wildman–Crippen LogP) is 2.53. The first-order chi connectivity index (χ1) is 9.12. The Morgan fingerprint density at radius 1 is 1.37 bits per heavy atom. The fourth-order valence-corrected chi connectivity index (χ4v) is 1.61. The number of carbonyl (C=O) groups is 2. The fraction of sp³-hybridized carbons (Fsp3) is 0.429. The number of rotatable bonds is 8. The molecule has 1 atom stereocenters. The van der Waals surface area contributed by atoms with E-state index in [1.165, 1.54) is 6.07 Å². The highest BCUT2D eigenvalue weighted by Gasteiger charge is 2.20. The number of ether oxygens (including phenoxy) is 2. The van der Waals surface area contributed by atoms with E-state index in [4.69, 9.17) is 14.6 Å². The molecule has 0 heterocycles. The predicted molar refractivity (Wildman–Crippen MR) is 70.0 cm³/mol. The molecule has 5 heteroatoms. The van der Waals surface area contributed by atoms with Crippen LogP contribution in [0, 0.1) is 0 Å². The summed E-state index contributed by atoms with van der Waals surface area (Å²) in [4.78, 5) is 21.8. The zero-order valence-electron chi connectivity index (χ0n) is 11.1. The third kappa shape index (κ3) is 4.28. The van der Waals surface area contributed by atoms with E-state index < -0.39 is 12.1 Å². The van der Waals surface area contributed by atoms with Crippen molar-refractivity contribution in [1.29, 1.82) is 0 Å². The second kappa shape index (κ2) is 7.41. The van der Waals surface area contributed by atoms with Crippen LogP contribution in [-0.4, -0.2) is 30.1 Å². The Hall–Kier alpha value is -2.04. The summed E-state index contributed by atoms with van der Waals surface area (Å²) in [6.07, 6.45) is 0.905. The maximum Gasteiger partial charge on any atom is 0.344 e. The molecule has 0 fully saturated rings. The molecule has 0 saturated heterocycles. The van der Waals surface area contributed by atoms with Gasteiger partial charge in [0.05, 0.1) is 6.61 Å². The number of aliphatic carboxylic acids is 1. The molecule has 1 N–H and O–H groups in total. The number of carboxylic acids is 1. The molecule has 0 amide bonds. The van der Waals surface area contributed by atoms with E-state index in [0.29, 0.717) is 42.8 Å². The standard InChI is InChI=1S/C14H18O5/c1-3-5-12(14(16)17)19-11-7-6-10(9-15)8-13(11)18-4-2/h6-9,12H,3-5H2,1-2H3,(H,16,17). The van der Waals surface area contributed by atoms with Crippen LogP contribution in [-0.2, 0) is 4.79 Å². The Morgan fingerprint density at radius 2 is 2.11 bits per heavy atom. The van der Waals surface area contributed by atoms with Gasteiger partial charge in [-0.2, -0.15) is 0 Å². The first-order valence-corrected chi connectivity index (χ1v) is 6.23. The minimum Gasteiger partial charge on any atom is -0.490 e. The molecule has 0 aliphatic rings. The second-order valence-electron chi connectivity index (χ2n) is 3.99. The van der Waals surface area contributed by atoms with Crippen LogP contribution in [0.1, 0.15) is 37.0 Å². The van der Waals surface area contributed by atoms with E-state index in [-0.39, 0.29) is 0 Å². The summed E-state index contributed by atoms with van der Waals surface area (Å²) in [5.74, 6) is -0.286. The summed E-state index contributed by atoms with van der Waals surface area (Å²) in [6, 6.07) is 4.66. The Kier molecular flexibility index (Phi) is 5.85.